The summed E-state index contributed by atoms with van der Waals surface area (Å²) < 4.78 is 12.1. The number of unbranched alkanes of at least 4 members (excludes halogenated alkanes) is 1. The Morgan fingerprint density at radius 1 is 1.17 bits per heavy atom. The van der Waals surface area contributed by atoms with E-state index < -0.39 is 0 Å². The lowest BCUT2D eigenvalue weighted by Crippen LogP contribution is -2.25. The molecule has 150 valence electrons. The van der Waals surface area contributed by atoms with Gasteiger partial charge in [0.05, 0.1) is 5.56 Å². The summed E-state index contributed by atoms with van der Waals surface area (Å²) >= 11 is 0. The maximum Gasteiger partial charge on any atom is 0.251 e. The molecule has 1 N–H and O–H groups in total. The smallest absolute Gasteiger partial charge is 0.251 e. The van der Waals surface area contributed by atoms with Crippen molar-refractivity contribution >= 4 is 5.91 Å². The Kier molecular flexibility index (Phi) is 5.38. The van der Waals surface area contributed by atoms with Gasteiger partial charge in [0.1, 0.15) is 17.5 Å². The van der Waals surface area contributed by atoms with Gasteiger partial charge in [-0.3, -0.25) is 4.79 Å². The van der Waals surface area contributed by atoms with Crippen molar-refractivity contribution in [3.05, 3.63) is 59.7 Å². The van der Waals surface area contributed by atoms with E-state index in [1.165, 1.54) is 0 Å². The second-order valence-corrected chi connectivity index (χ2v) is 7.74. The minimum absolute atomic E-state index is 0.0828. The molecule has 2 heterocycles. The first-order valence-electron chi connectivity index (χ1n) is 10.2. The second-order valence-electron chi connectivity index (χ2n) is 7.74. The van der Waals surface area contributed by atoms with Crippen LogP contribution in [0.15, 0.2) is 53.1 Å². The first-order valence-corrected chi connectivity index (χ1v) is 10.2. The molecule has 29 heavy (non-hydrogen) atoms. The monoisotopic (exact) mass is 390 g/mol. The van der Waals surface area contributed by atoms with Crippen molar-refractivity contribution in [1.82, 2.24) is 10.5 Å². The van der Waals surface area contributed by atoms with Crippen LogP contribution in [0.25, 0.3) is 22.6 Å². The second kappa shape index (κ2) is 8.11. The van der Waals surface area contributed by atoms with E-state index in [0.717, 1.165) is 46.7 Å². The zero-order chi connectivity index (χ0) is 20.4. The third-order valence-electron chi connectivity index (χ3n) is 5.22. The molecule has 2 aromatic carbocycles. The summed E-state index contributed by atoms with van der Waals surface area (Å²) in [6.45, 7) is 7.02. The van der Waals surface area contributed by atoms with Crippen LogP contribution in [0.4, 0.5) is 0 Å². The number of hydrogen-bond donors (Lipinski definition) is 1. The van der Waals surface area contributed by atoms with Gasteiger partial charge in [-0.05, 0) is 30.5 Å². The lowest BCUT2D eigenvalue weighted by molar-refractivity contribution is 0.0953. The van der Waals surface area contributed by atoms with Gasteiger partial charge in [0.15, 0.2) is 5.76 Å². The van der Waals surface area contributed by atoms with Gasteiger partial charge >= 0.3 is 0 Å². The van der Waals surface area contributed by atoms with Crippen LogP contribution >= 0.6 is 0 Å². The topological polar surface area (TPSA) is 64.4 Å². The van der Waals surface area contributed by atoms with Crippen LogP contribution in [-0.2, 0) is 0 Å². The van der Waals surface area contributed by atoms with Gasteiger partial charge in [0.2, 0.25) is 0 Å². The summed E-state index contributed by atoms with van der Waals surface area (Å²) in [7, 11) is 0. The Morgan fingerprint density at radius 2 is 1.97 bits per heavy atom. The fourth-order valence-corrected chi connectivity index (χ4v) is 3.66. The van der Waals surface area contributed by atoms with E-state index in [-0.39, 0.29) is 17.9 Å². The number of carbonyl (C=O) groups excluding carboxylic acids is 1. The zero-order valence-corrected chi connectivity index (χ0v) is 17.1. The van der Waals surface area contributed by atoms with Gasteiger partial charge in [-0.15, -0.1) is 0 Å². The molecule has 1 atom stereocenters. The van der Waals surface area contributed by atoms with Crippen LogP contribution in [0.2, 0.25) is 0 Å². The summed E-state index contributed by atoms with van der Waals surface area (Å²) in [5, 5.41) is 7.36. The molecule has 0 aliphatic carbocycles. The standard InChI is InChI=1S/C24H26N2O3/c1-4-5-13-25-24(27)17-11-12-19-18(14-17)21-20(22(28-19)15(2)3)23(29-26-21)16-9-7-6-8-10-16/h6-12,14-15,22H,4-5,13H2,1-3H3,(H,25,27). The molecule has 1 aliphatic rings. The Bertz CT molecular complexity index is 1010. The molecule has 0 saturated carbocycles. The Labute approximate surface area is 171 Å². The van der Waals surface area contributed by atoms with Gasteiger partial charge in [-0.25, -0.2) is 0 Å². The van der Waals surface area contributed by atoms with Crippen LogP contribution in [0.3, 0.4) is 0 Å². The lowest BCUT2D eigenvalue weighted by Gasteiger charge is -2.28. The average Bonchev–Trinajstić information content (AvgIpc) is 3.19. The van der Waals surface area contributed by atoms with Crippen molar-refractivity contribution in [2.75, 3.05) is 6.54 Å². The van der Waals surface area contributed by atoms with Crippen LogP contribution in [0.5, 0.6) is 5.75 Å². The number of carbonyl (C=O) groups is 1. The summed E-state index contributed by atoms with van der Waals surface area (Å²) in [5.41, 5.74) is 4.06. The SMILES string of the molecule is CCCCNC(=O)c1ccc2c(c1)-c1noc(-c3ccccc3)c1C(C(C)C)O2. The molecule has 1 aliphatic heterocycles. The highest BCUT2D eigenvalue weighted by atomic mass is 16.5. The zero-order valence-electron chi connectivity index (χ0n) is 17.1. The van der Waals surface area contributed by atoms with Crippen molar-refractivity contribution in [3.63, 3.8) is 0 Å². The first-order chi connectivity index (χ1) is 14.1. The van der Waals surface area contributed by atoms with Gasteiger partial charge in [0, 0.05) is 23.2 Å². The molecule has 0 spiro atoms. The Morgan fingerprint density at radius 3 is 2.69 bits per heavy atom. The molecule has 5 nitrogen and oxygen atoms in total. The van der Waals surface area contributed by atoms with Crippen molar-refractivity contribution in [2.45, 2.75) is 39.7 Å². The molecule has 4 rings (SSSR count). The van der Waals surface area contributed by atoms with Crippen molar-refractivity contribution in [1.29, 1.82) is 0 Å². The summed E-state index contributed by atoms with van der Waals surface area (Å²) in [6.07, 6.45) is 1.84. The maximum absolute atomic E-state index is 12.5. The Hall–Kier alpha value is -3.08. The summed E-state index contributed by atoms with van der Waals surface area (Å²) in [5.74, 6) is 1.61. The quantitative estimate of drug-likeness (QED) is 0.554. The molecular formula is C24H26N2O3. The molecule has 1 amide bonds. The average molecular weight is 390 g/mol. The number of nitrogens with zero attached hydrogens (tertiary/aromatic N) is 1. The molecule has 3 aromatic rings. The highest BCUT2D eigenvalue weighted by Crippen LogP contribution is 2.48. The Balaban J connectivity index is 1.76. The minimum atomic E-state index is -0.164. The van der Waals surface area contributed by atoms with Crippen LogP contribution in [-0.4, -0.2) is 17.6 Å². The largest absolute Gasteiger partial charge is 0.485 e. The van der Waals surface area contributed by atoms with E-state index >= 15 is 0 Å². The number of benzene rings is 2. The number of aromatic nitrogens is 1. The molecule has 0 bridgehead atoms. The molecule has 1 unspecified atom stereocenters. The van der Waals surface area contributed by atoms with Gasteiger partial charge in [-0.2, -0.15) is 0 Å². The number of nitrogens with one attached hydrogen (secondary N) is 1. The third-order valence-corrected chi connectivity index (χ3v) is 5.22. The van der Waals surface area contributed by atoms with Gasteiger partial charge < -0.3 is 14.6 Å². The number of amides is 1. The predicted octanol–water partition coefficient (Wildman–Crippen LogP) is 5.63. The van der Waals surface area contributed by atoms with E-state index in [1.54, 1.807) is 6.07 Å². The van der Waals surface area contributed by atoms with Crippen LogP contribution < -0.4 is 10.1 Å². The highest BCUT2D eigenvalue weighted by Gasteiger charge is 2.35. The predicted molar refractivity (Wildman–Crippen MR) is 113 cm³/mol. The number of rotatable bonds is 6. The van der Waals surface area contributed by atoms with Crippen molar-refractivity contribution < 1.29 is 14.1 Å². The van der Waals surface area contributed by atoms with Crippen molar-refractivity contribution in [2.24, 2.45) is 5.92 Å². The fraction of sp³-hybridized carbons (Fsp3) is 0.333. The fourth-order valence-electron chi connectivity index (χ4n) is 3.66. The van der Waals surface area contributed by atoms with E-state index in [9.17, 15) is 4.79 Å². The third kappa shape index (κ3) is 3.65. The van der Waals surface area contributed by atoms with E-state index in [0.29, 0.717) is 12.1 Å². The first kappa shape index (κ1) is 19.2. The maximum atomic E-state index is 12.5. The molecule has 5 heteroatoms. The van der Waals surface area contributed by atoms with E-state index in [2.05, 4.69) is 31.2 Å². The molecule has 0 saturated heterocycles. The van der Waals surface area contributed by atoms with Crippen molar-refractivity contribution in [3.8, 4) is 28.3 Å². The molecule has 0 radical (unpaired) electrons. The minimum Gasteiger partial charge on any atom is -0.485 e. The van der Waals surface area contributed by atoms with Crippen LogP contribution in [0.1, 0.15) is 55.6 Å². The normalized spacial score (nSPS) is 14.8. The number of fused-ring (bicyclic) bond motifs is 3. The molecule has 0 fully saturated rings. The number of ether oxygens (including phenoxy) is 1. The summed E-state index contributed by atoms with van der Waals surface area (Å²) in [4.78, 5) is 12.5. The van der Waals surface area contributed by atoms with Crippen LogP contribution in [0, 0.1) is 5.92 Å². The highest BCUT2D eigenvalue weighted by molar-refractivity contribution is 5.96. The van der Waals surface area contributed by atoms with E-state index in [4.69, 9.17) is 9.26 Å². The molecular weight excluding hydrogens is 364 g/mol. The number of hydrogen-bond acceptors (Lipinski definition) is 4. The van der Waals surface area contributed by atoms with Gasteiger partial charge in [0.25, 0.3) is 5.91 Å². The molecule has 1 aromatic heterocycles. The van der Waals surface area contributed by atoms with E-state index in [1.807, 2.05) is 42.5 Å². The lowest BCUT2D eigenvalue weighted by atomic mass is 9.89. The van der Waals surface area contributed by atoms with Gasteiger partial charge in [-0.1, -0.05) is 62.7 Å². The summed E-state index contributed by atoms with van der Waals surface area (Å²) in [6, 6.07) is 15.5.